The molecule has 1 aromatic rings. The van der Waals surface area contributed by atoms with Gasteiger partial charge in [0.1, 0.15) is 18.5 Å². The van der Waals surface area contributed by atoms with E-state index in [1.807, 2.05) is 26.0 Å². The molecule has 0 aliphatic heterocycles. The van der Waals surface area contributed by atoms with Crippen molar-refractivity contribution >= 4 is 0 Å². The van der Waals surface area contributed by atoms with Crippen molar-refractivity contribution in [2.45, 2.75) is 46.4 Å². The van der Waals surface area contributed by atoms with E-state index in [2.05, 4.69) is 24.1 Å². The number of pyridine rings is 1. The van der Waals surface area contributed by atoms with Crippen LogP contribution in [0.25, 0.3) is 0 Å². The van der Waals surface area contributed by atoms with Crippen LogP contribution in [0.2, 0.25) is 0 Å². The average molecular weight is 296 g/mol. The van der Waals surface area contributed by atoms with E-state index < -0.39 is 6.10 Å². The Morgan fingerprint density at radius 3 is 2.52 bits per heavy atom. The number of nitrogens with one attached hydrogen (secondary N) is 1. The molecule has 0 fully saturated rings. The molecule has 120 valence electrons. The maximum Gasteiger partial charge on any atom is 0.137 e. The summed E-state index contributed by atoms with van der Waals surface area (Å²) in [6, 6.07) is 3.80. The summed E-state index contributed by atoms with van der Waals surface area (Å²) >= 11 is 0. The molecule has 0 amide bonds. The summed E-state index contributed by atoms with van der Waals surface area (Å²) in [6.07, 6.45) is 1.17. The molecule has 5 nitrogen and oxygen atoms in total. The molecular weight excluding hydrogens is 268 g/mol. The Morgan fingerprint density at radius 1 is 1.19 bits per heavy atom. The van der Waals surface area contributed by atoms with Crippen molar-refractivity contribution in [2.24, 2.45) is 5.92 Å². The molecule has 0 aliphatic rings. The highest BCUT2D eigenvalue weighted by Gasteiger charge is 2.07. The molecule has 21 heavy (non-hydrogen) atoms. The molecule has 0 saturated carbocycles. The zero-order valence-corrected chi connectivity index (χ0v) is 13.5. The molecule has 2 N–H and O–H groups in total. The molecule has 0 radical (unpaired) electrons. The Morgan fingerprint density at radius 2 is 1.95 bits per heavy atom. The Bertz CT molecular complexity index is 380. The van der Waals surface area contributed by atoms with Crippen molar-refractivity contribution in [1.29, 1.82) is 0 Å². The van der Waals surface area contributed by atoms with E-state index in [-0.39, 0.29) is 19.3 Å². The molecule has 1 rings (SSSR count). The summed E-state index contributed by atoms with van der Waals surface area (Å²) in [5.74, 6) is 1.29. The van der Waals surface area contributed by atoms with Gasteiger partial charge in [0, 0.05) is 6.54 Å². The standard InChI is InChI=1S/C16H28N2O3/c1-12(2)7-17-8-14-5-6-16(9-18-14)21-11-15(19)10-20-13(3)4/h5-6,9,12-13,15,17,19H,7-8,10-11H2,1-4H3. The summed E-state index contributed by atoms with van der Waals surface area (Å²) in [5.41, 5.74) is 0.978. The lowest BCUT2D eigenvalue weighted by Crippen LogP contribution is -2.25. The van der Waals surface area contributed by atoms with Crippen LogP contribution in [0.15, 0.2) is 18.3 Å². The van der Waals surface area contributed by atoms with Crippen molar-refractivity contribution < 1.29 is 14.6 Å². The molecular formula is C16H28N2O3. The van der Waals surface area contributed by atoms with Crippen molar-refractivity contribution in [2.75, 3.05) is 19.8 Å². The molecule has 5 heteroatoms. The topological polar surface area (TPSA) is 63.6 Å². The fraction of sp³-hybridized carbons (Fsp3) is 0.688. The van der Waals surface area contributed by atoms with Crippen molar-refractivity contribution in [3.05, 3.63) is 24.0 Å². The lowest BCUT2D eigenvalue weighted by Gasteiger charge is -2.14. The van der Waals surface area contributed by atoms with E-state index in [1.54, 1.807) is 6.20 Å². The number of ether oxygens (including phenoxy) is 2. The van der Waals surface area contributed by atoms with E-state index in [0.29, 0.717) is 11.7 Å². The average Bonchev–Trinajstić information content (AvgIpc) is 2.44. The first kappa shape index (κ1) is 17.9. The first-order valence-corrected chi connectivity index (χ1v) is 7.55. The van der Waals surface area contributed by atoms with Gasteiger partial charge < -0.3 is 19.9 Å². The number of aromatic nitrogens is 1. The highest BCUT2D eigenvalue weighted by atomic mass is 16.5. The van der Waals surface area contributed by atoms with Crippen LogP contribution >= 0.6 is 0 Å². The predicted molar refractivity (Wildman–Crippen MR) is 83.4 cm³/mol. The van der Waals surface area contributed by atoms with Gasteiger partial charge in [-0.25, -0.2) is 0 Å². The molecule has 1 unspecified atom stereocenters. The van der Waals surface area contributed by atoms with Gasteiger partial charge in [0.05, 0.1) is 24.6 Å². The highest BCUT2D eigenvalue weighted by Crippen LogP contribution is 2.09. The van der Waals surface area contributed by atoms with E-state index in [1.165, 1.54) is 0 Å². The van der Waals surface area contributed by atoms with Gasteiger partial charge >= 0.3 is 0 Å². The molecule has 0 bridgehead atoms. The highest BCUT2D eigenvalue weighted by molar-refractivity contribution is 5.19. The molecule has 0 spiro atoms. The minimum absolute atomic E-state index is 0.110. The Balaban J connectivity index is 2.27. The first-order chi connectivity index (χ1) is 9.97. The van der Waals surface area contributed by atoms with Crippen LogP contribution in [0.3, 0.4) is 0 Å². The zero-order chi connectivity index (χ0) is 15.7. The van der Waals surface area contributed by atoms with Crippen LogP contribution in [0.4, 0.5) is 0 Å². The monoisotopic (exact) mass is 296 g/mol. The van der Waals surface area contributed by atoms with Gasteiger partial charge in [-0.3, -0.25) is 4.98 Å². The van der Waals surface area contributed by atoms with Crippen molar-refractivity contribution in [3.8, 4) is 5.75 Å². The molecule has 0 aromatic carbocycles. The first-order valence-electron chi connectivity index (χ1n) is 7.55. The number of rotatable bonds is 10. The summed E-state index contributed by atoms with van der Waals surface area (Å²) < 4.78 is 10.8. The molecule has 1 heterocycles. The fourth-order valence-electron chi connectivity index (χ4n) is 1.63. The van der Waals surface area contributed by atoms with Crippen molar-refractivity contribution in [1.82, 2.24) is 10.3 Å². The van der Waals surface area contributed by atoms with Crippen LogP contribution < -0.4 is 10.1 Å². The number of hydrogen-bond acceptors (Lipinski definition) is 5. The second-order valence-electron chi connectivity index (χ2n) is 5.86. The second kappa shape index (κ2) is 9.71. The Labute approximate surface area is 127 Å². The fourth-order valence-corrected chi connectivity index (χ4v) is 1.63. The van der Waals surface area contributed by atoms with Crippen LogP contribution in [-0.2, 0) is 11.3 Å². The molecule has 0 aliphatic carbocycles. The van der Waals surface area contributed by atoms with Crippen LogP contribution in [-0.4, -0.2) is 42.1 Å². The van der Waals surface area contributed by atoms with E-state index in [0.717, 1.165) is 18.8 Å². The number of nitrogens with zero attached hydrogens (tertiary/aromatic N) is 1. The van der Waals surface area contributed by atoms with Crippen LogP contribution in [0.1, 0.15) is 33.4 Å². The van der Waals surface area contributed by atoms with Gasteiger partial charge in [0.2, 0.25) is 0 Å². The van der Waals surface area contributed by atoms with Gasteiger partial charge in [-0.05, 0) is 38.4 Å². The summed E-state index contributed by atoms with van der Waals surface area (Å²) in [5, 5.41) is 13.0. The maximum absolute atomic E-state index is 9.70. The number of aliphatic hydroxyl groups is 1. The van der Waals surface area contributed by atoms with Crippen LogP contribution in [0.5, 0.6) is 5.75 Å². The maximum atomic E-state index is 9.70. The summed E-state index contributed by atoms with van der Waals surface area (Å²) in [7, 11) is 0. The minimum Gasteiger partial charge on any atom is -0.489 e. The zero-order valence-electron chi connectivity index (χ0n) is 13.5. The minimum atomic E-state index is -0.625. The van der Waals surface area contributed by atoms with E-state index >= 15 is 0 Å². The summed E-state index contributed by atoms with van der Waals surface area (Å²) in [6.45, 7) is 10.4. The van der Waals surface area contributed by atoms with Gasteiger partial charge in [-0.1, -0.05) is 13.8 Å². The SMILES string of the molecule is CC(C)CNCc1ccc(OCC(O)COC(C)C)cn1. The normalized spacial score (nSPS) is 12.9. The predicted octanol–water partition coefficient (Wildman–Crippen LogP) is 1.99. The molecule has 0 saturated heterocycles. The van der Waals surface area contributed by atoms with E-state index in [9.17, 15) is 5.11 Å². The lowest BCUT2D eigenvalue weighted by atomic mass is 10.2. The van der Waals surface area contributed by atoms with Gasteiger partial charge in [0.15, 0.2) is 0 Å². The molecule has 1 atom stereocenters. The Kier molecular flexibility index (Phi) is 8.27. The van der Waals surface area contributed by atoms with Crippen molar-refractivity contribution in [3.63, 3.8) is 0 Å². The number of hydrogen-bond donors (Lipinski definition) is 2. The smallest absolute Gasteiger partial charge is 0.137 e. The van der Waals surface area contributed by atoms with Crippen LogP contribution in [0, 0.1) is 5.92 Å². The second-order valence-corrected chi connectivity index (χ2v) is 5.86. The third-order valence-electron chi connectivity index (χ3n) is 2.72. The number of aliphatic hydroxyl groups excluding tert-OH is 1. The van der Waals surface area contributed by atoms with Gasteiger partial charge in [-0.2, -0.15) is 0 Å². The largest absolute Gasteiger partial charge is 0.489 e. The van der Waals surface area contributed by atoms with Gasteiger partial charge in [0.25, 0.3) is 0 Å². The van der Waals surface area contributed by atoms with Gasteiger partial charge in [-0.15, -0.1) is 0 Å². The molecule has 1 aromatic heterocycles. The third kappa shape index (κ3) is 8.65. The lowest BCUT2D eigenvalue weighted by molar-refractivity contribution is -0.0123. The van der Waals surface area contributed by atoms with E-state index in [4.69, 9.17) is 9.47 Å². The quantitative estimate of drug-likeness (QED) is 0.691. The third-order valence-corrected chi connectivity index (χ3v) is 2.72. The Hall–Kier alpha value is -1.17. The summed E-state index contributed by atoms with van der Waals surface area (Å²) in [4.78, 5) is 4.33.